The highest BCUT2D eigenvalue weighted by atomic mass is 35.5. The largest absolute Gasteiger partial charge is 0.369 e. The van der Waals surface area contributed by atoms with E-state index in [9.17, 15) is 0 Å². The minimum atomic E-state index is 0.432. The molecule has 0 aromatic carbocycles. The van der Waals surface area contributed by atoms with Gasteiger partial charge >= 0.3 is 0 Å². The van der Waals surface area contributed by atoms with Gasteiger partial charge in [0.25, 0.3) is 5.78 Å². The van der Waals surface area contributed by atoms with Crippen molar-refractivity contribution in [3.63, 3.8) is 0 Å². The van der Waals surface area contributed by atoms with Crippen LogP contribution >= 0.6 is 11.6 Å². The van der Waals surface area contributed by atoms with Crippen LogP contribution in [0.2, 0.25) is 5.15 Å². The molecule has 1 aliphatic rings. The molecule has 0 amide bonds. The van der Waals surface area contributed by atoms with Crippen LogP contribution in [0.25, 0.3) is 5.78 Å². The smallest absolute Gasteiger partial charge is 0.255 e. The number of piperidine rings is 1. The van der Waals surface area contributed by atoms with Crippen LogP contribution in [0.3, 0.4) is 0 Å². The van der Waals surface area contributed by atoms with Crippen LogP contribution in [0.4, 0.5) is 5.82 Å². The molecular weight excluding hydrogens is 288 g/mol. The van der Waals surface area contributed by atoms with Crippen molar-refractivity contribution >= 4 is 23.2 Å². The van der Waals surface area contributed by atoms with Gasteiger partial charge in [0.2, 0.25) is 0 Å². The molecule has 3 heterocycles. The summed E-state index contributed by atoms with van der Waals surface area (Å²) in [5, 5.41) is 8.01. The summed E-state index contributed by atoms with van der Waals surface area (Å²) in [7, 11) is 0. The average molecular weight is 309 g/mol. The van der Waals surface area contributed by atoms with Crippen molar-refractivity contribution in [2.24, 2.45) is 5.92 Å². The Kier molecular flexibility index (Phi) is 4.55. The van der Waals surface area contributed by atoms with Crippen LogP contribution in [0.15, 0.2) is 12.4 Å². The van der Waals surface area contributed by atoms with E-state index < -0.39 is 0 Å². The first-order valence-corrected chi connectivity index (χ1v) is 7.92. The minimum absolute atomic E-state index is 0.432. The quantitative estimate of drug-likeness (QED) is 0.859. The molecule has 2 aromatic heterocycles. The van der Waals surface area contributed by atoms with Crippen LogP contribution in [0, 0.1) is 5.92 Å². The van der Waals surface area contributed by atoms with E-state index in [4.69, 9.17) is 11.6 Å². The molecule has 0 saturated carbocycles. The molecule has 1 unspecified atom stereocenters. The maximum Gasteiger partial charge on any atom is 0.255 e. The van der Waals surface area contributed by atoms with Gasteiger partial charge < -0.3 is 10.2 Å². The van der Waals surface area contributed by atoms with E-state index >= 15 is 0 Å². The second kappa shape index (κ2) is 6.58. The second-order valence-corrected chi connectivity index (χ2v) is 6.17. The normalized spacial score (nSPS) is 18.0. The maximum atomic E-state index is 6.01. The lowest BCUT2D eigenvalue weighted by molar-refractivity contribution is 0.204. The Balaban J connectivity index is 1.59. The van der Waals surface area contributed by atoms with Crippen LogP contribution in [0.1, 0.15) is 26.2 Å². The lowest BCUT2D eigenvalue weighted by Crippen LogP contribution is -2.35. The monoisotopic (exact) mass is 308 g/mol. The number of nitrogens with one attached hydrogen (secondary N) is 1. The summed E-state index contributed by atoms with van der Waals surface area (Å²) in [5.74, 6) is 1.93. The predicted molar refractivity (Wildman–Crippen MR) is 83.7 cm³/mol. The molecule has 2 aromatic rings. The van der Waals surface area contributed by atoms with Gasteiger partial charge in [-0.3, -0.25) is 0 Å². The van der Waals surface area contributed by atoms with Crippen molar-refractivity contribution in [1.82, 2.24) is 24.5 Å². The summed E-state index contributed by atoms with van der Waals surface area (Å²) in [6.45, 7) is 6.75. The molecule has 0 spiro atoms. The Hall–Kier alpha value is -1.40. The summed E-state index contributed by atoms with van der Waals surface area (Å²) in [6.07, 6.45) is 5.53. The number of hydrogen-bond donors (Lipinski definition) is 1. The van der Waals surface area contributed by atoms with Gasteiger partial charge in [-0.15, -0.1) is 0 Å². The Morgan fingerprint density at radius 2 is 2.14 bits per heavy atom. The SMILES string of the molecule is CC(CNc1cc(Cl)nc2ncnn12)CN1CCCCC1. The molecule has 1 fully saturated rings. The zero-order valence-corrected chi connectivity index (χ0v) is 13.1. The van der Waals surface area contributed by atoms with Crippen LogP contribution in [-0.4, -0.2) is 50.7 Å². The first kappa shape index (κ1) is 14.5. The highest BCUT2D eigenvalue weighted by Gasteiger charge is 2.14. The van der Waals surface area contributed by atoms with Crippen molar-refractivity contribution < 1.29 is 0 Å². The molecular formula is C14H21ClN6. The fourth-order valence-electron chi connectivity index (χ4n) is 2.84. The fourth-order valence-corrected chi connectivity index (χ4v) is 3.01. The highest BCUT2D eigenvalue weighted by Crippen LogP contribution is 2.16. The molecule has 7 heteroatoms. The number of rotatable bonds is 5. The molecule has 1 aliphatic heterocycles. The highest BCUT2D eigenvalue weighted by molar-refractivity contribution is 6.29. The van der Waals surface area contributed by atoms with Gasteiger partial charge in [-0.05, 0) is 31.8 Å². The lowest BCUT2D eigenvalue weighted by Gasteiger charge is -2.29. The van der Waals surface area contributed by atoms with Crippen LogP contribution < -0.4 is 5.32 Å². The zero-order valence-electron chi connectivity index (χ0n) is 12.3. The van der Waals surface area contributed by atoms with Crippen molar-refractivity contribution in [3.05, 3.63) is 17.5 Å². The van der Waals surface area contributed by atoms with Gasteiger partial charge in [0.15, 0.2) is 0 Å². The molecule has 1 atom stereocenters. The van der Waals surface area contributed by atoms with E-state index in [1.54, 1.807) is 10.6 Å². The lowest BCUT2D eigenvalue weighted by atomic mass is 10.1. The molecule has 0 bridgehead atoms. The third-order valence-corrected chi connectivity index (χ3v) is 4.06. The number of hydrogen-bond acceptors (Lipinski definition) is 5. The van der Waals surface area contributed by atoms with Gasteiger partial charge in [0, 0.05) is 19.2 Å². The molecule has 21 heavy (non-hydrogen) atoms. The van der Waals surface area contributed by atoms with Crippen molar-refractivity contribution in [3.8, 4) is 0 Å². The molecule has 0 radical (unpaired) electrons. The molecule has 1 N–H and O–H groups in total. The number of anilines is 1. The van der Waals surface area contributed by atoms with Crippen molar-refractivity contribution in [1.29, 1.82) is 0 Å². The topological polar surface area (TPSA) is 58.4 Å². The van der Waals surface area contributed by atoms with Crippen molar-refractivity contribution in [2.75, 3.05) is 31.5 Å². The molecule has 0 aliphatic carbocycles. The third-order valence-electron chi connectivity index (χ3n) is 3.87. The zero-order chi connectivity index (χ0) is 14.7. The van der Waals surface area contributed by atoms with Gasteiger partial charge in [0.05, 0.1) is 0 Å². The fraction of sp³-hybridized carbons (Fsp3) is 0.643. The summed E-state index contributed by atoms with van der Waals surface area (Å²) in [6, 6.07) is 1.79. The number of aromatic nitrogens is 4. The minimum Gasteiger partial charge on any atom is -0.369 e. The van der Waals surface area contributed by atoms with E-state index in [-0.39, 0.29) is 0 Å². The van der Waals surface area contributed by atoms with E-state index in [0.717, 1.165) is 18.9 Å². The van der Waals surface area contributed by atoms with E-state index in [1.807, 2.05) is 0 Å². The summed E-state index contributed by atoms with van der Waals surface area (Å²) < 4.78 is 1.68. The molecule has 6 nitrogen and oxygen atoms in total. The number of likely N-dealkylation sites (tertiary alicyclic amines) is 1. The van der Waals surface area contributed by atoms with Gasteiger partial charge in [0.1, 0.15) is 17.3 Å². The summed E-state index contributed by atoms with van der Waals surface area (Å²) in [5.41, 5.74) is 0. The van der Waals surface area contributed by atoms with E-state index in [1.165, 1.54) is 38.7 Å². The third kappa shape index (κ3) is 3.63. The van der Waals surface area contributed by atoms with E-state index in [0.29, 0.717) is 16.8 Å². The first-order valence-electron chi connectivity index (χ1n) is 7.55. The number of halogens is 1. The van der Waals surface area contributed by atoms with E-state index in [2.05, 4.69) is 32.2 Å². The Morgan fingerprint density at radius 3 is 2.95 bits per heavy atom. The Morgan fingerprint density at radius 1 is 1.33 bits per heavy atom. The number of fused-ring (bicyclic) bond motifs is 1. The Bertz CT molecular complexity index is 592. The molecule has 114 valence electrons. The predicted octanol–water partition coefficient (Wildman–Crippen LogP) is 2.31. The first-order chi connectivity index (χ1) is 10.2. The van der Waals surface area contributed by atoms with Gasteiger partial charge in [-0.25, -0.2) is 0 Å². The average Bonchev–Trinajstić information content (AvgIpc) is 2.94. The second-order valence-electron chi connectivity index (χ2n) is 5.78. The van der Waals surface area contributed by atoms with Crippen LogP contribution in [0.5, 0.6) is 0 Å². The van der Waals surface area contributed by atoms with Gasteiger partial charge in [-0.1, -0.05) is 24.9 Å². The standard InChI is InChI=1S/C14H21ClN6/c1-11(9-20-5-3-2-4-6-20)8-16-13-7-12(15)19-14-17-10-18-21(13)14/h7,10-11,16H,2-6,8-9H2,1H3. The van der Waals surface area contributed by atoms with Gasteiger partial charge in [-0.2, -0.15) is 19.6 Å². The van der Waals surface area contributed by atoms with Crippen LogP contribution in [-0.2, 0) is 0 Å². The summed E-state index contributed by atoms with van der Waals surface area (Å²) >= 11 is 6.01. The van der Waals surface area contributed by atoms with Crippen molar-refractivity contribution in [2.45, 2.75) is 26.2 Å². The molecule has 1 saturated heterocycles. The molecule has 3 rings (SSSR count). The Labute approximate surface area is 129 Å². The maximum absolute atomic E-state index is 6.01. The summed E-state index contributed by atoms with van der Waals surface area (Å²) in [4.78, 5) is 10.7. The number of nitrogens with zero attached hydrogens (tertiary/aromatic N) is 5.